The number of nitrogens with two attached hydrogens (primary N) is 2. The van der Waals surface area contributed by atoms with E-state index >= 15 is 0 Å². The van der Waals surface area contributed by atoms with E-state index in [2.05, 4.69) is 29.3 Å². The molecule has 3 nitrogen and oxygen atoms in total. The van der Waals surface area contributed by atoms with Crippen LogP contribution < -0.4 is 11.5 Å². The Kier molecular flexibility index (Phi) is 4.69. The van der Waals surface area contributed by atoms with Crippen molar-refractivity contribution < 1.29 is 0 Å². The van der Waals surface area contributed by atoms with Gasteiger partial charge in [0.05, 0.1) is 0 Å². The fourth-order valence-corrected chi connectivity index (χ4v) is 2.08. The molecule has 0 spiro atoms. The Bertz CT molecular complexity index is 628. The lowest BCUT2D eigenvalue weighted by Crippen LogP contribution is -2.06. The Hall–Kier alpha value is -2.39. The van der Waals surface area contributed by atoms with Crippen LogP contribution in [0.3, 0.4) is 0 Å². The summed E-state index contributed by atoms with van der Waals surface area (Å²) in [5.41, 5.74) is 16.9. The minimum Gasteiger partial charge on any atom is -0.398 e. The topological polar surface area (TPSA) is 64.4 Å². The first-order valence-electron chi connectivity index (χ1n) is 6.53. The van der Waals surface area contributed by atoms with Crippen molar-refractivity contribution in [3.8, 4) is 11.1 Å². The Labute approximate surface area is 119 Å². The van der Waals surface area contributed by atoms with E-state index < -0.39 is 0 Å². The maximum absolute atomic E-state index is 6.12. The minimum absolute atomic E-state index is 0.461. The van der Waals surface area contributed by atoms with Crippen LogP contribution in [0.15, 0.2) is 59.6 Å². The lowest BCUT2D eigenvalue weighted by molar-refractivity contribution is 1.06. The van der Waals surface area contributed by atoms with Crippen molar-refractivity contribution in [2.24, 2.45) is 16.5 Å². The number of rotatable bonds is 4. The number of hydrogen-bond acceptors (Lipinski definition) is 3. The van der Waals surface area contributed by atoms with E-state index in [1.165, 1.54) is 0 Å². The molecule has 0 aromatic heterocycles. The summed E-state index contributed by atoms with van der Waals surface area (Å²) < 4.78 is 0. The van der Waals surface area contributed by atoms with Crippen LogP contribution in [0.5, 0.6) is 0 Å². The molecular formula is C17H19N3. The number of nitrogens with zero attached hydrogens (tertiary/aromatic N) is 1. The quantitative estimate of drug-likeness (QED) is 0.835. The van der Waals surface area contributed by atoms with Crippen molar-refractivity contribution in [2.45, 2.75) is 6.54 Å². The number of hydrogen-bond donors (Lipinski definition) is 2. The van der Waals surface area contributed by atoms with Crippen LogP contribution in [-0.4, -0.2) is 13.3 Å². The molecule has 4 N–H and O–H groups in total. The van der Waals surface area contributed by atoms with Gasteiger partial charge in [-0.3, -0.25) is 4.99 Å². The fraction of sp³-hybridized carbons (Fsp3) is 0.118. The second-order valence-electron chi connectivity index (χ2n) is 4.47. The molecule has 2 aromatic rings. The highest BCUT2D eigenvalue weighted by Gasteiger charge is 2.06. The fourth-order valence-electron chi connectivity index (χ4n) is 2.08. The second kappa shape index (κ2) is 6.68. The summed E-state index contributed by atoms with van der Waals surface area (Å²) in [5, 5.41) is 0. The first kappa shape index (κ1) is 14.0. The zero-order valence-corrected chi connectivity index (χ0v) is 11.6. The van der Waals surface area contributed by atoms with Gasteiger partial charge in [-0.15, -0.1) is 0 Å². The molecular weight excluding hydrogens is 246 g/mol. The van der Waals surface area contributed by atoms with Crippen molar-refractivity contribution in [3.63, 3.8) is 0 Å². The molecule has 102 valence electrons. The number of allylic oxidation sites excluding steroid dienone is 1. The highest BCUT2D eigenvalue weighted by Crippen LogP contribution is 2.24. The van der Waals surface area contributed by atoms with Crippen molar-refractivity contribution >= 4 is 11.9 Å². The van der Waals surface area contributed by atoms with E-state index in [1.807, 2.05) is 24.3 Å². The summed E-state index contributed by atoms with van der Waals surface area (Å²) in [4.78, 5) is 3.92. The predicted octanol–water partition coefficient (Wildman–Crippen LogP) is 2.81. The van der Waals surface area contributed by atoms with E-state index in [9.17, 15) is 0 Å². The molecule has 0 unspecified atom stereocenters. The summed E-state index contributed by atoms with van der Waals surface area (Å²) >= 11 is 0. The van der Waals surface area contributed by atoms with Crippen LogP contribution in [0.25, 0.3) is 16.8 Å². The van der Waals surface area contributed by atoms with Crippen molar-refractivity contribution in [1.29, 1.82) is 0 Å². The molecule has 0 bridgehead atoms. The predicted molar refractivity (Wildman–Crippen MR) is 86.3 cm³/mol. The second-order valence-corrected chi connectivity index (χ2v) is 4.47. The maximum atomic E-state index is 6.12. The van der Waals surface area contributed by atoms with Gasteiger partial charge in [0.25, 0.3) is 0 Å². The van der Waals surface area contributed by atoms with Gasteiger partial charge >= 0.3 is 0 Å². The highest BCUT2D eigenvalue weighted by molar-refractivity contribution is 5.85. The zero-order chi connectivity index (χ0) is 14.4. The van der Waals surface area contributed by atoms with Gasteiger partial charge in [-0.05, 0) is 28.8 Å². The van der Waals surface area contributed by atoms with Gasteiger partial charge in [-0.2, -0.15) is 0 Å². The first-order valence-corrected chi connectivity index (χ1v) is 6.53. The monoisotopic (exact) mass is 265 g/mol. The molecule has 2 aromatic carbocycles. The van der Waals surface area contributed by atoms with Crippen molar-refractivity contribution in [3.05, 3.63) is 65.7 Å². The molecule has 0 saturated heterocycles. The Morgan fingerprint density at radius 1 is 1.10 bits per heavy atom. The van der Waals surface area contributed by atoms with Gasteiger partial charge in [0.15, 0.2) is 0 Å². The first-order chi connectivity index (χ1) is 9.76. The van der Waals surface area contributed by atoms with Gasteiger partial charge in [0.1, 0.15) is 0 Å². The van der Waals surface area contributed by atoms with Crippen LogP contribution in [-0.2, 0) is 6.54 Å². The largest absolute Gasteiger partial charge is 0.398 e. The summed E-state index contributed by atoms with van der Waals surface area (Å²) in [6.07, 6.45) is 3.48. The molecule has 0 atom stereocenters. The summed E-state index contributed by atoms with van der Waals surface area (Å²) in [6.45, 7) is 0.461. The van der Waals surface area contributed by atoms with Crippen LogP contribution in [0.2, 0.25) is 0 Å². The third-order valence-electron chi connectivity index (χ3n) is 3.15. The third kappa shape index (κ3) is 3.13. The van der Waals surface area contributed by atoms with E-state index in [1.54, 1.807) is 19.3 Å². The van der Waals surface area contributed by atoms with Crippen LogP contribution in [0, 0.1) is 0 Å². The molecule has 0 radical (unpaired) electrons. The van der Waals surface area contributed by atoms with Gasteiger partial charge in [0.2, 0.25) is 0 Å². The van der Waals surface area contributed by atoms with E-state index in [-0.39, 0.29) is 0 Å². The molecule has 3 heteroatoms. The molecule has 0 heterocycles. The van der Waals surface area contributed by atoms with E-state index in [4.69, 9.17) is 11.5 Å². The van der Waals surface area contributed by atoms with E-state index in [0.29, 0.717) is 12.2 Å². The van der Waals surface area contributed by atoms with Crippen LogP contribution in [0.4, 0.5) is 0 Å². The molecule has 0 aliphatic carbocycles. The third-order valence-corrected chi connectivity index (χ3v) is 3.15. The molecule has 0 aliphatic heterocycles. The van der Waals surface area contributed by atoms with Gasteiger partial charge in [-0.1, -0.05) is 42.5 Å². The summed E-state index contributed by atoms with van der Waals surface area (Å²) in [5.74, 6) is 0. The van der Waals surface area contributed by atoms with Gasteiger partial charge in [-0.25, -0.2) is 0 Å². The molecule has 0 amide bonds. The molecule has 0 fully saturated rings. The van der Waals surface area contributed by atoms with Crippen LogP contribution in [0.1, 0.15) is 11.1 Å². The smallest absolute Gasteiger partial charge is 0.0406 e. The Morgan fingerprint density at radius 2 is 1.85 bits per heavy atom. The number of benzene rings is 2. The van der Waals surface area contributed by atoms with Gasteiger partial charge < -0.3 is 11.5 Å². The van der Waals surface area contributed by atoms with Crippen molar-refractivity contribution in [2.75, 3.05) is 7.05 Å². The summed E-state index contributed by atoms with van der Waals surface area (Å²) in [6, 6.07) is 16.4. The normalized spacial score (nSPS) is 12.0. The highest BCUT2D eigenvalue weighted by atomic mass is 14.6. The SMILES string of the molecule is CN=C/C=C(\N)c1cc(-c2ccccc2)ccc1CN. The lowest BCUT2D eigenvalue weighted by atomic mass is 9.97. The van der Waals surface area contributed by atoms with Crippen molar-refractivity contribution in [1.82, 2.24) is 0 Å². The minimum atomic E-state index is 0.461. The molecule has 20 heavy (non-hydrogen) atoms. The van der Waals surface area contributed by atoms with Crippen LogP contribution >= 0.6 is 0 Å². The standard InChI is InChI=1S/C17H19N3/c1-20-10-9-17(19)16-11-14(7-8-15(16)12-18)13-5-3-2-4-6-13/h2-11H,12,18-19H2,1H3/b17-9-,20-10?. The van der Waals surface area contributed by atoms with Gasteiger partial charge in [0, 0.05) is 31.1 Å². The molecule has 0 aliphatic rings. The maximum Gasteiger partial charge on any atom is 0.0406 e. The Balaban J connectivity index is 2.49. The zero-order valence-electron chi connectivity index (χ0n) is 11.6. The average molecular weight is 265 g/mol. The Morgan fingerprint density at radius 3 is 2.50 bits per heavy atom. The molecule has 0 saturated carbocycles. The summed E-state index contributed by atoms with van der Waals surface area (Å²) in [7, 11) is 1.72. The average Bonchev–Trinajstić information content (AvgIpc) is 2.52. The lowest BCUT2D eigenvalue weighted by Gasteiger charge is -2.11. The van der Waals surface area contributed by atoms with E-state index in [0.717, 1.165) is 22.3 Å². The molecule has 2 rings (SSSR count). The number of aliphatic imine (C=N–C) groups is 1.